The molecule has 1 aliphatic rings. The third-order valence-electron chi connectivity index (χ3n) is 4.47. The molecule has 2 aromatic rings. The van der Waals surface area contributed by atoms with Crippen molar-refractivity contribution in [2.45, 2.75) is 31.3 Å². The molecule has 2 heterocycles. The van der Waals surface area contributed by atoms with Crippen LogP contribution in [0.2, 0.25) is 0 Å². The summed E-state index contributed by atoms with van der Waals surface area (Å²) in [6, 6.07) is 8.00. The number of morpholine rings is 1. The Bertz CT molecular complexity index is 776. The molecule has 146 valence electrons. The zero-order valence-electron chi connectivity index (χ0n) is 16.4. The van der Waals surface area contributed by atoms with Crippen molar-refractivity contribution in [3.8, 4) is 0 Å². The molecular weight excluding hydrogens is 362 g/mol. The second kappa shape index (κ2) is 8.31. The zero-order chi connectivity index (χ0) is 19.4. The zero-order valence-corrected chi connectivity index (χ0v) is 17.2. The van der Waals surface area contributed by atoms with Crippen LogP contribution >= 0.6 is 11.8 Å². The molecule has 0 bridgehead atoms. The lowest BCUT2D eigenvalue weighted by atomic mass is 9.87. The number of hydrogen-bond donors (Lipinski definition) is 1. The normalized spacial score (nSPS) is 15.0. The van der Waals surface area contributed by atoms with Gasteiger partial charge in [0, 0.05) is 25.8 Å². The minimum absolute atomic E-state index is 0.0561. The summed E-state index contributed by atoms with van der Waals surface area (Å²) in [5, 5.41) is 12.2. The first-order valence-corrected chi connectivity index (χ1v) is 10.1. The number of ether oxygens (including phenoxy) is 1. The summed E-state index contributed by atoms with van der Waals surface area (Å²) in [5.41, 5.74) is 2.15. The topological polar surface area (TPSA) is 72.3 Å². The predicted molar refractivity (Wildman–Crippen MR) is 109 cm³/mol. The van der Waals surface area contributed by atoms with Crippen LogP contribution in [0.15, 0.2) is 29.4 Å². The van der Waals surface area contributed by atoms with Crippen LogP contribution in [0.5, 0.6) is 0 Å². The highest BCUT2D eigenvalue weighted by molar-refractivity contribution is 7.99. The van der Waals surface area contributed by atoms with E-state index in [1.807, 2.05) is 23.7 Å². The number of rotatable bonds is 5. The van der Waals surface area contributed by atoms with E-state index in [-0.39, 0.29) is 17.1 Å². The van der Waals surface area contributed by atoms with Gasteiger partial charge in [-0.05, 0) is 23.1 Å². The van der Waals surface area contributed by atoms with Crippen molar-refractivity contribution in [2.75, 3.05) is 42.3 Å². The maximum atomic E-state index is 12.3. The van der Waals surface area contributed by atoms with Crippen molar-refractivity contribution in [1.82, 2.24) is 14.8 Å². The largest absolute Gasteiger partial charge is 0.378 e. The Kier molecular flexibility index (Phi) is 6.06. The number of aromatic nitrogens is 3. The fraction of sp³-hybridized carbons (Fsp3) is 0.526. The van der Waals surface area contributed by atoms with Crippen LogP contribution < -0.4 is 10.2 Å². The van der Waals surface area contributed by atoms with Gasteiger partial charge < -0.3 is 15.0 Å². The van der Waals surface area contributed by atoms with Gasteiger partial charge in [-0.2, -0.15) is 0 Å². The van der Waals surface area contributed by atoms with Gasteiger partial charge in [0.05, 0.1) is 19.0 Å². The lowest BCUT2D eigenvalue weighted by molar-refractivity contribution is -0.113. The Morgan fingerprint density at radius 2 is 1.85 bits per heavy atom. The van der Waals surface area contributed by atoms with Crippen LogP contribution in [0, 0.1) is 0 Å². The molecular formula is C19H27N5O2S. The number of benzene rings is 1. The van der Waals surface area contributed by atoms with E-state index >= 15 is 0 Å². The average molecular weight is 390 g/mol. The minimum atomic E-state index is -0.0561. The van der Waals surface area contributed by atoms with Crippen LogP contribution in [0.3, 0.4) is 0 Å². The monoisotopic (exact) mass is 389 g/mol. The SMILES string of the molecule is Cn1c(SCC(=O)Nc2ccc(C(C)(C)C)cc2)nnc1N1CCOCC1. The molecule has 1 N–H and O–H groups in total. The summed E-state index contributed by atoms with van der Waals surface area (Å²) in [4.78, 5) is 14.4. The molecule has 1 fully saturated rings. The third kappa shape index (κ3) is 5.01. The number of anilines is 2. The molecule has 1 saturated heterocycles. The highest BCUT2D eigenvalue weighted by Crippen LogP contribution is 2.24. The van der Waals surface area contributed by atoms with E-state index in [9.17, 15) is 4.79 Å². The first-order valence-electron chi connectivity index (χ1n) is 9.10. The molecule has 27 heavy (non-hydrogen) atoms. The van der Waals surface area contributed by atoms with E-state index in [4.69, 9.17) is 4.74 Å². The van der Waals surface area contributed by atoms with Gasteiger partial charge >= 0.3 is 0 Å². The Morgan fingerprint density at radius 1 is 1.19 bits per heavy atom. The quantitative estimate of drug-likeness (QED) is 0.793. The maximum absolute atomic E-state index is 12.3. The van der Waals surface area contributed by atoms with E-state index in [0.29, 0.717) is 13.2 Å². The van der Waals surface area contributed by atoms with Gasteiger partial charge in [0.2, 0.25) is 11.9 Å². The van der Waals surface area contributed by atoms with Crippen molar-refractivity contribution in [3.63, 3.8) is 0 Å². The third-order valence-corrected chi connectivity index (χ3v) is 5.49. The van der Waals surface area contributed by atoms with Gasteiger partial charge in [-0.25, -0.2) is 0 Å². The standard InChI is InChI=1S/C19H27N5O2S/c1-19(2,3)14-5-7-15(8-6-14)20-16(25)13-27-18-22-21-17(23(18)4)24-9-11-26-12-10-24/h5-8H,9-13H2,1-4H3,(H,20,25). The smallest absolute Gasteiger partial charge is 0.234 e. The van der Waals surface area contributed by atoms with Crippen molar-refractivity contribution >= 4 is 29.3 Å². The molecule has 1 amide bonds. The summed E-state index contributed by atoms with van der Waals surface area (Å²) in [6.07, 6.45) is 0. The molecule has 1 aliphatic heterocycles. The molecule has 1 aromatic carbocycles. The van der Waals surface area contributed by atoms with Gasteiger partial charge in [0.25, 0.3) is 0 Å². The lowest BCUT2D eigenvalue weighted by Gasteiger charge is -2.27. The summed E-state index contributed by atoms with van der Waals surface area (Å²) < 4.78 is 7.30. The Balaban J connectivity index is 1.54. The summed E-state index contributed by atoms with van der Waals surface area (Å²) in [5.74, 6) is 1.05. The average Bonchev–Trinajstić information content (AvgIpc) is 3.01. The summed E-state index contributed by atoms with van der Waals surface area (Å²) in [7, 11) is 1.93. The Morgan fingerprint density at radius 3 is 2.48 bits per heavy atom. The Hall–Kier alpha value is -2.06. The number of nitrogens with one attached hydrogen (secondary N) is 1. The molecule has 0 saturated carbocycles. The molecule has 0 atom stereocenters. The molecule has 0 unspecified atom stereocenters. The number of hydrogen-bond acceptors (Lipinski definition) is 6. The Labute approximate surface area is 164 Å². The second-order valence-electron chi connectivity index (χ2n) is 7.61. The highest BCUT2D eigenvalue weighted by Gasteiger charge is 2.19. The number of thioether (sulfide) groups is 1. The van der Waals surface area contributed by atoms with Crippen molar-refractivity contribution < 1.29 is 9.53 Å². The van der Waals surface area contributed by atoms with Gasteiger partial charge in [0.1, 0.15) is 0 Å². The summed E-state index contributed by atoms with van der Waals surface area (Å²) >= 11 is 1.39. The number of nitrogens with zero attached hydrogens (tertiary/aromatic N) is 4. The van der Waals surface area contributed by atoms with Crippen molar-refractivity contribution in [2.24, 2.45) is 7.05 Å². The van der Waals surface area contributed by atoms with Gasteiger partial charge in [-0.1, -0.05) is 44.7 Å². The van der Waals surface area contributed by atoms with E-state index in [1.54, 1.807) is 0 Å². The van der Waals surface area contributed by atoms with Crippen LogP contribution in [-0.4, -0.2) is 52.7 Å². The molecule has 0 radical (unpaired) electrons. The lowest BCUT2D eigenvalue weighted by Crippen LogP contribution is -2.37. The van der Waals surface area contributed by atoms with E-state index in [1.165, 1.54) is 17.3 Å². The predicted octanol–water partition coefficient (Wildman–Crippen LogP) is 2.68. The van der Waals surface area contributed by atoms with Crippen LogP contribution in [0.1, 0.15) is 26.3 Å². The van der Waals surface area contributed by atoms with Crippen molar-refractivity contribution in [3.05, 3.63) is 29.8 Å². The minimum Gasteiger partial charge on any atom is -0.378 e. The fourth-order valence-electron chi connectivity index (χ4n) is 2.85. The van der Waals surface area contributed by atoms with E-state index in [2.05, 4.69) is 53.3 Å². The van der Waals surface area contributed by atoms with Crippen LogP contribution in [0.4, 0.5) is 11.6 Å². The molecule has 0 aliphatic carbocycles. The summed E-state index contributed by atoms with van der Waals surface area (Å²) in [6.45, 7) is 9.52. The maximum Gasteiger partial charge on any atom is 0.234 e. The molecule has 1 aromatic heterocycles. The molecule has 0 spiro atoms. The number of amides is 1. The first-order chi connectivity index (χ1) is 12.8. The molecule has 3 rings (SSSR count). The highest BCUT2D eigenvalue weighted by atomic mass is 32.2. The van der Waals surface area contributed by atoms with Gasteiger partial charge in [-0.3, -0.25) is 9.36 Å². The van der Waals surface area contributed by atoms with E-state index in [0.717, 1.165) is 29.9 Å². The van der Waals surface area contributed by atoms with E-state index < -0.39 is 0 Å². The number of carbonyl (C=O) groups excluding carboxylic acids is 1. The van der Waals surface area contributed by atoms with Gasteiger partial charge in [0.15, 0.2) is 5.16 Å². The first kappa shape index (κ1) is 19.7. The molecule has 8 heteroatoms. The van der Waals surface area contributed by atoms with Gasteiger partial charge in [-0.15, -0.1) is 10.2 Å². The van der Waals surface area contributed by atoms with Crippen LogP contribution in [-0.2, 0) is 22.0 Å². The van der Waals surface area contributed by atoms with Crippen molar-refractivity contribution in [1.29, 1.82) is 0 Å². The van der Waals surface area contributed by atoms with Crippen LogP contribution in [0.25, 0.3) is 0 Å². The molecule has 7 nitrogen and oxygen atoms in total. The number of carbonyl (C=O) groups is 1. The fourth-order valence-corrected chi connectivity index (χ4v) is 3.56. The second-order valence-corrected chi connectivity index (χ2v) is 8.55.